The number of phosphoric ester groups is 1. The van der Waals surface area contributed by atoms with Crippen molar-refractivity contribution in [3.05, 3.63) is 18.5 Å². The Morgan fingerprint density at radius 1 is 1.26 bits per heavy atom. The van der Waals surface area contributed by atoms with Gasteiger partial charge in [0.25, 0.3) is 0 Å². The molecule has 3 heterocycles. The number of nitrogen functional groups attached to an aromatic ring is 1. The lowest BCUT2D eigenvalue weighted by Crippen LogP contribution is -2.18. The van der Waals surface area contributed by atoms with E-state index < -0.39 is 20.2 Å². The first-order valence-electron chi connectivity index (χ1n) is 8.55. The van der Waals surface area contributed by atoms with E-state index in [1.165, 1.54) is 0 Å². The van der Waals surface area contributed by atoms with Crippen molar-refractivity contribution in [1.29, 1.82) is 0 Å². The fourth-order valence-corrected chi connectivity index (χ4v) is 3.81. The van der Waals surface area contributed by atoms with E-state index in [1.807, 2.05) is 12.2 Å². The average Bonchev–Trinajstić information content (AvgIpc) is 3.26. The van der Waals surface area contributed by atoms with Crippen molar-refractivity contribution in [3.63, 3.8) is 0 Å². The van der Waals surface area contributed by atoms with Crippen molar-refractivity contribution < 1.29 is 22.9 Å². The summed E-state index contributed by atoms with van der Waals surface area (Å²) in [5.74, 6) is 0.664. The third-order valence-corrected chi connectivity index (χ3v) is 5.34. The van der Waals surface area contributed by atoms with Gasteiger partial charge in [-0.3, -0.25) is 18.1 Å². The summed E-state index contributed by atoms with van der Waals surface area (Å²) in [5, 5.41) is 2.94. The normalized spacial score (nSPS) is 19.8. The molecule has 27 heavy (non-hydrogen) atoms. The van der Waals surface area contributed by atoms with Gasteiger partial charge in [-0.25, -0.2) is 9.55 Å². The van der Waals surface area contributed by atoms with E-state index in [0.717, 1.165) is 0 Å². The van der Waals surface area contributed by atoms with Crippen LogP contribution in [0.1, 0.15) is 20.1 Å². The predicted octanol–water partition coefficient (Wildman–Crippen LogP) is 2.10. The number of nitrogens with one attached hydrogen (secondary N) is 1. The van der Waals surface area contributed by atoms with Crippen LogP contribution in [-0.2, 0) is 22.9 Å². The maximum absolute atomic E-state index is 12.4. The summed E-state index contributed by atoms with van der Waals surface area (Å²) in [7, 11) is -1.86. The van der Waals surface area contributed by atoms with E-state index in [-0.39, 0.29) is 25.8 Å². The second kappa shape index (κ2) is 8.32. The Hall–Kier alpha value is -2.04. The molecule has 0 bridgehead atoms. The Morgan fingerprint density at radius 3 is 2.67 bits per heavy atom. The number of imidazole rings is 1. The van der Waals surface area contributed by atoms with E-state index in [0.29, 0.717) is 17.0 Å². The Bertz CT molecular complexity index is 862. The van der Waals surface area contributed by atoms with Crippen LogP contribution in [0, 0.1) is 0 Å². The number of hydrogen-bond acceptors (Lipinski definition) is 10. The van der Waals surface area contributed by atoms with Crippen LogP contribution >= 0.6 is 7.82 Å². The topological polar surface area (TPSA) is 136 Å². The fraction of sp³-hybridized carbons (Fsp3) is 0.533. The van der Waals surface area contributed by atoms with Gasteiger partial charge in [-0.1, -0.05) is 6.08 Å². The average molecular weight is 398 g/mol. The Labute approximate surface area is 156 Å². The first kappa shape index (κ1) is 19.7. The molecule has 0 aliphatic carbocycles. The summed E-state index contributed by atoms with van der Waals surface area (Å²) in [5.41, 5.74) is 6.89. The van der Waals surface area contributed by atoms with Crippen LogP contribution in [0.15, 0.2) is 18.5 Å². The lowest BCUT2D eigenvalue weighted by molar-refractivity contribution is -0.0107. The highest BCUT2D eigenvalue weighted by Gasteiger charge is 2.30. The minimum Gasteiger partial charge on any atom is -0.371 e. The second-order valence-corrected chi connectivity index (χ2v) is 7.20. The van der Waals surface area contributed by atoms with Crippen molar-refractivity contribution in [1.82, 2.24) is 19.5 Å². The molecule has 0 saturated carbocycles. The number of aromatic nitrogens is 4. The monoisotopic (exact) mass is 398 g/mol. The lowest BCUT2D eigenvalue weighted by Gasteiger charge is -2.19. The minimum absolute atomic E-state index is 0.0236. The molecule has 3 N–H and O–H groups in total. The molecule has 0 spiro atoms. The zero-order chi connectivity index (χ0) is 19.4. The number of hydrogen-bond donors (Lipinski definition) is 2. The molecule has 0 radical (unpaired) electrons. The lowest BCUT2D eigenvalue weighted by atomic mass is 10.4. The molecule has 1 aliphatic rings. The summed E-state index contributed by atoms with van der Waals surface area (Å²) >= 11 is 0. The maximum Gasteiger partial charge on any atom is 0.474 e. The second-order valence-electron chi connectivity index (χ2n) is 5.53. The van der Waals surface area contributed by atoms with Crippen LogP contribution in [-0.4, -0.2) is 52.5 Å². The number of anilines is 2. The molecule has 148 valence electrons. The van der Waals surface area contributed by atoms with Crippen LogP contribution < -0.4 is 11.1 Å². The van der Waals surface area contributed by atoms with Gasteiger partial charge in [0.2, 0.25) is 5.95 Å². The summed E-state index contributed by atoms with van der Waals surface area (Å²) < 4.78 is 35.6. The van der Waals surface area contributed by atoms with Crippen LogP contribution in [0.4, 0.5) is 11.8 Å². The number of phosphoric acid groups is 1. The minimum atomic E-state index is -3.59. The first-order chi connectivity index (χ1) is 13.0. The van der Waals surface area contributed by atoms with Crippen LogP contribution in [0.25, 0.3) is 11.2 Å². The van der Waals surface area contributed by atoms with E-state index in [2.05, 4.69) is 20.3 Å². The van der Waals surface area contributed by atoms with Crippen molar-refractivity contribution in [2.45, 2.75) is 26.2 Å². The number of rotatable bonds is 9. The van der Waals surface area contributed by atoms with Gasteiger partial charge < -0.3 is 15.8 Å². The molecule has 0 unspecified atom stereocenters. The fourth-order valence-electron chi connectivity index (χ4n) is 2.63. The standard InChI is InChI=1S/C15H23N6O5P/c1-4-23-27(22,24-5-2)25-8-10-6-7-11(26-10)21-9-18-12-13(17-3)19-15(16)20-14(12)21/h6-7,9-11H,4-5,8H2,1-3H3,(H3,16,17,19,20)/t10-,11+/m1/s1. The molecule has 0 saturated heterocycles. The molecule has 2 aromatic rings. The molecular formula is C15H23N6O5P. The van der Waals surface area contributed by atoms with Crippen LogP contribution in [0.3, 0.4) is 0 Å². The Morgan fingerprint density at radius 2 is 2.00 bits per heavy atom. The molecule has 12 heteroatoms. The van der Waals surface area contributed by atoms with Gasteiger partial charge >= 0.3 is 7.82 Å². The third-order valence-electron chi connectivity index (χ3n) is 3.73. The van der Waals surface area contributed by atoms with Gasteiger partial charge in [-0.05, 0) is 19.9 Å². The van der Waals surface area contributed by atoms with E-state index in [9.17, 15) is 4.57 Å². The molecule has 3 rings (SSSR count). The zero-order valence-corrected chi connectivity index (χ0v) is 16.3. The van der Waals surface area contributed by atoms with Gasteiger partial charge in [0, 0.05) is 7.05 Å². The number of fused-ring (bicyclic) bond motifs is 1. The highest BCUT2D eigenvalue weighted by molar-refractivity contribution is 7.48. The zero-order valence-electron chi connectivity index (χ0n) is 15.4. The summed E-state index contributed by atoms with van der Waals surface area (Å²) in [4.78, 5) is 12.7. The Balaban J connectivity index is 1.70. The highest BCUT2D eigenvalue weighted by atomic mass is 31.2. The molecule has 0 fully saturated rings. The van der Waals surface area contributed by atoms with Crippen LogP contribution in [0.2, 0.25) is 0 Å². The van der Waals surface area contributed by atoms with Gasteiger partial charge in [0.1, 0.15) is 6.10 Å². The summed E-state index contributed by atoms with van der Waals surface area (Å²) in [6.07, 6.45) is 4.36. The van der Waals surface area contributed by atoms with Crippen LogP contribution in [0.5, 0.6) is 0 Å². The van der Waals surface area contributed by atoms with Gasteiger partial charge in [0.15, 0.2) is 23.2 Å². The molecule has 2 atom stereocenters. The smallest absolute Gasteiger partial charge is 0.371 e. The van der Waals surface area contributed by atoms with Crippen molar-refractivity contribution in [2.75, 3.05) is 37.9 Å². The van der Waals surface area contributed by atoms with E-state index >= 15 is 0 Å². The highest BCUT2D eigenvalue weighted by Crippen LogP contribution is 2.49. The van der Waals surface area contributed by atoms with Gasteiger partial charge in [-0.15, -0.1) is 0 Å². The third kappa shape index (κ3) is 4.28. The molecule has 2 aromatic heterocycles. The molecular weight excluding hydrogens is 375 g/mol. The SMILES string of the molecule is CCOP(=O)(OCC)OC[C@H]1C=C[C@@H](n2cnc3c(NC)nc(N)nc32)O1. The summed E-state index contributed by atoms with van der Waals surface area (Å²) in [6, 6.07) is 0. The number of ether oxygens (including phenoxy) is 1. The van der Waals surface area contributed by atoms with E-state index in [1.54, 1.807) is 31.8 Å². The van der Waals surface area contributed by atoms with Crippen molar-refractivity contribution in [2.24, 2.45) is 0 Å². The quantitative estimate of drug-likeness (QED) is 0.477. The number of nitrogens with zero attached hydrogens (tertiary/aromatic N) is 4. The first-order valence-corrected chi connectivity index (χ1v) is 10.0. The molecule has 11 nitrogen and oxygen atoms in total. The van der Waals surface area contributed by atoms with Crippen molar-refractivity contribution >= 4 is 30.8 Å². The number of nitrogens with two attached hydrogens (primary N) is 1. The Kier molecular flexibility index (Phi) is 6.08. The van der Waals surface area contributed by atoms with Gasteiger partial charge in [0.05, 0.1) is 26.1 Å². The predicted molar refractivity (Wildman–Crippen MR) is 99.1 cm³/mol. The van der Waals surface area contributed by atoms with Gasteiger partial charge in [-0.2, -0.15) is 9.97 Å². The summed E-state index contributed by atoms with van der Waals surface area (Å²) in [6.45, 7) is 3.90. The van der Waals surface area contributed by atoms with Crippen molar-refractivity contribution in [3.8, 4) is 0 Å². The van der Waals surface area contributed by atoms with E-state index in [4.69, 9.17) is 24.0 Å². The largest absolute Gasteiger partial charge is 0.474 e. The molecule has 0 amide bonds. The molecule has 1 aliphatic heterocycles. The molecule has 0 aromatic carbocycles. The maximum atomic E-state index is 12.4.